The predicted molar refractivity (Wildman–Crippen MR) is 85.9 cm³/mol. The minimum absolute atomic E-state index is 0.557. The van der Waals surface area contributed by atoms with E-state index in [0.29, 0.717) is 15.8 Å². The number of aromatic nitrogens is 1. The minimum atomic E-state index is 0.557. The number of thiazole rings is 1. The van der Waals surface area contributed by atoms with Crippen molar-refractivity contribution < 1.29 is 4.74 Å². The third kappa shape index (κ3) is 2.68. The predicted octanol–water partition coefficient (Wildman–Crippen LogP) is 5.36. The van der Waals surface area contributed by atoms with Crippen molar-refractivity contribution in [1.29, 1.82) is 0 Å². The Morgan fingerprint density at radius 3 is 2.75 bits per heavy atom. The molecule has 102 valence electrons. The van der Waals surface area contributed by atoms with Gasteiger partial charge in [0, 0.05) is 10.7 Å². The van der Waals surface area contributed by atoms with E-state index in [2.05, 4.69) is 10.3 Å². The number of nitrogens with zero attached hydrogens (tertiary/aromatic N) is 1. The molecule has 0 atom stereocenters. The lowest BCUT2D eigenvalue weighted by atomic mass is 10.3. The molecule has 3 aromatic rings. The van der Waals surface area contributed by atoms with Crippen molar-refractivity contribution in [2.45, 2.75) is 0 Å². The van der Waals surface area contributed by atoms with Crippen LogP contribution in [0.1, 0.15) is 0 Å². The van der Waals surface area contributed by atoms with Crippen LogP contribution in [-0.2, 0) is 0 Å². The molecule has 0 saturated heterocycles. The summed E-state index contributed by atoms with van der Waals surface area (Å²) < 4.78 is 6.20. The summed E-state index contributed by atoms with van der Waals surface area (Å²) in [5.41, 5.74) is 1.74. The molecule has 0 fully saturated rings. The van der Waals surface area contributed by atoms with Crippen LogP contribution in [0.2, 0.25) is 10.0 Å². The molecule has 0 unspecified atom stereocenters. The van der Waals surface area contributed by atoms with Gasteiger partial charge in [0.05, 0.1) is 22.3 Å². The van der Waals surface area contributed by atoms with Crippen molar-refractivity contribution in [3.8, 4) is 5.75 Å². The summed E-state index contributed by atoms with van der Waals surface area (Å²) >= 11 is 13.6. The molecule has 3 rings (SSSR count). The zero-order valence-electron chi connectivity index (χ0n) is 10.5. The number of fused-ring (bicyclic) bond motifs is 1. The highest BCUT2D eigenvalue weighted by molar-refractivity contribution is 7.22. The molecule has 0 bridgehead atoms. The van der Waals surface area contributed by atoms with E-state index in [-0.39, 0.29) is 0 Å². The van der Waals surface area contributed by atoms with Gasteiger partial charge in [-0.25, -0.2) is 4.98 Å². The zero-order chi connectivity index (χ0) is 14.1. The van der Waals surface area contributed by atoms with Gasteiger partial charge in [-0.3, -0.25) is 0 Å². The number of ether oxygens (including phenoxy) is 1. The van der Waals surface area contributed by atoms with Crippen molar-refractivity contribution in [1.82, 2.24) is 4.98 Å². The second-order valence-corrected chi connectivity index (χ2v) is 5.98. The van der Waals surface area contributed by atoms with Crippen LogP contribution in [0.4, 0.5) is 10.8 Å². The first-order valence-corrected chi connectivity index (χ1v) is 7.39. The Balaban J connectivity index is 1.90. The molecule has 0 spiro atoms. The first-order valence-electron chi connectivity index (χ1n) is 5.82. The molecule has 1 heterocycles. The smallest absolute Gasteiger partial charge is 0.188 e. The van der Waals surface area contributed by atoms with Crippen LogP contribution in [0.15, 0.2) is 36.4 Å². The molecule has 0 aliphatic heterocycles. The summed E-state index contributed by atoms with van der Waals surface area (Å²) in [6.45, 7) is 0. The lowest BCUT2D eigenvalue weighted by Crippen LogP contribution is -1.90. The van der Waals surface area contributed by atoms with Crippen LogP contribution in [0.5, 0.6) is 5.75 Å². The SMILES string of the molecule is COc1ccc(Nc2nc3cc(Cl)ccc3s2)cc1Cl. The number of hydrogen-bond acceptors (Lipinski definition) is 4. The van der Waals surface area contributed by atoms with Crippen LogP contribution < -0.4 is 10.1 Å². The van der Waals surface area contributed by atoms with Crippen LogP contribution in [0, 0.1) is 0 Å². The molecule has 1 aromatic heterocycles. The van der Waals surface area contributed by atoms with Crippen molar-refractivity contribution in [3.63, 3.8) is 0 Å². The van der Waals surface area contributed by atoms with Crippen LogP contribution in [0.25, 0.3) is 10.2 Å². The highest BCUT2D eigenvalue weighted by Gasteiger charge is 2.06. The Labute approximate surface area is 130 Å². The number of rotatable bonds is 3. The summed E-state index contributed by atoms with van der Waals surface area (Å²) in [7, 11) is 1.59. The van der Waals surface area contributed by atoms with Gasteiger partial charge in [-0.15, -0.1) is 0 Å². The molecule has 0 amide bonds. The largest absolute Gasteiger partial charge is 0.495 e. The first kappa shape index (κ1) is 13.5. The van der Waals surface area contributed by atoms with Gasteiger partial charge in [0.1, 0.15) is 5.75 Å². The molecule has 0 radical (unpaired) electrons. The first-order chi connectivity index (χ1) is 9.65. The minimum Gasteiger partial charge on any atom is -0.495 e. The van der Waals surface area contributed by atoms with Crippen LogP contribution in [-0.4, -0.2) is 12.1 Å². The van der Waals surface area contributed by atoms with E-state index in [1.54, 1.807) is 24.5 Å². The van der Waals surface area contributed by atoms with Crippen LogP contribution in [0.3, 0.4) is 0 Å². The highest BCUT2D eigenvalue weighted by atomic mass is 35.5. The average Bonchev–Trinajstić information content (AvgIpc) is 2.80. The van der Waals surface area contributed by atoms with Gasteiger partial charge < -0.3 is 10.1 Å². The van der Waals surface area contributed by atoms with Crippen LogP contribution >= 0.6 is 34.5 Å². The topological polar surface area (TPSA) is 34.1 Å². The van der Waals surface area contributed by atoms with Crippen molar-refractivity contribution in [2.24, 2.45) is 0 Å². The number of halogens is 2. The maximum absolute atomic E-state index is 6.10. The Hall–Kier alpha value is -1.49. The van der Waals surface area contributed by atoms with Gasteiger partial charge in [0.15, 0.2) is 5.13 Å². The van der Waals surface area contributed by atoms with Gasteiger partial charge in [0.25, 0.3) is 0 Å². The lowest BCUT2D eigenvalue weighted by molar-refractivity contribution is 0.415. The van der Waals surface area contributed by atoms with Crippen molar-refractivity contribution in [2.75, 3.05) is 12.4 Å². The van der Waals surface area contributed by atoms with Gasteiger partial charge in [-0.1, -0.05) is 34.5 Å². The summed E-state index contributed by atoms with van der Waals surface area (Å²) in [6, 6.07) is 11.2. The second-order valence-electron chi connectivity index (χ2n) is 4.11. The van der Waals surface area contributed by atoms with Gasteiger partial charge in [-0.05, 0) is 36.4 Å². The van der Waals surface area contributed by atoms with E-state index < -0.39 is 0 Å². The molecular weight excluding hydrogens is 315 g/mol. The fourth-order valence-corrected chi connectivity index (χ4v) is 3.11. The Morgan fingerprint density at radius 1 is 1.15 bits per heavy atom. The van der Waals surface area contributed by atoms with Crippen molar-refractivity contribution in [3.05, 3.63) is 46.4 Å². The Morgan fingerprint density at radius 2 is 2.00 bits per heavy atom. The van der Waals surface area contributed by atoms with E-state index in [1.165, 1.54) is 0 Å². The molecular formula is C14H10Cl2N2OS. The summed E-state index contributed by atoms with van der Waals surface area (Å²) in [5, 5.41) is 5.26. The normalized spacial score (nSPS) is 10.8. The van der Waals surface area contributed by atoms with E-state index in [1.807, 2.05) is 30.3 Å². The van der Waals surface area contributed by atoms with Gasteiger partial charge in [-0.2, -0.15) is 0 Å². The Bertz CT molecular complexity index is 773. The van der Waals surface area contributed by atoms with Gasteiger partial charge >= 0.3 is 0 Å². The second kappa shape index (κ2) is 5.48. The molecule has 1 N–H and O–H groups in total. The average molecular weight is 325 g/mol. The quantitative estimate of drug-likeness (QED) is 0.704. The van der Waals surface area contributed by atoms with Crippen molar-refractivity contribution >= 4 is 55.6 Å². The molecule has 2 aromatic carbocycles. The maximum Gasteiger partial charge on any atom is 0.188 e. The van der Waals surface area contributed by atoms with E-state index in [0.717, 1.165) is 21.0 Å². The van der Waals surface area contributed by atoms with E-state index in [9.17, 15) is 0 Å². The highest BCUT2D eigenvalue weighted by Crippen LogP contribution is 2.32. The number of nitrogens with one attached hydrogen (secondary N) is 1. The number of benzene rings is 2. The summed E-state index contributed by atoms with van der Waals surface area (Å²) in [4.78, 5) is 4.49. The van der Waals surface area contributed by atoms with E-state index in [4.69, 9.17) is 27.9 Å². The third-order valence-electron chi connectivity index (χ3n) is 2.75. The zero-order valence-corrected chi connectivity index (χ0v) is 12.8. The van der Waals surface area contributed by atoms with E-state index >= 15 is 0 Å². The Kier molecular flexibility index (Phi) is 3.70. The molecule has 6 heteroatoms. The monoisotopic (exact) mass is 324 g/mol. The number of methoxy groups -OCH3 is 1. The molecule has 3 nitrogen and oxygen atoms in total. The number of hydrogen-bond donors (Lipinski definition) is 1. The summed E-state index contributed by atoms with van der Waals surface area (Å²) in [5.74, 6) is 0.647. The fraction of sp³-hybridized carbons (Fsp3) is 0.0714. The molecule has 20 heavy (non-hydrogen) atoms. The maximum atomic E-state index is 6.10. The van der Waals surface area contributed by atoms with Gasteiger partial charge in [0.2, 0.25) is 0 Å². The molecule has 0 aliphatic carbocycles. The lowest BCUT2D eigenvalue weighted by Gasteiger charge is -2.06. The summed E-state index contributed by atoms with van der Waals surface area (Å²) in [6.07, 6.45) is 0. The molecule has 0 aliphatic rings. The standard InChI is InChI=1S/C14H10Cl2N2OS/c1-19-12-4-3-9(7-10(12)16)17-14-18-11-6-8(15)2-5-13(11)20-14/h2-7H,1H3,(H,17,18). The molecule has 0 saturated carbocycles. The number of anilines is 2. The fourth-order valence-electron chi connectivity index (χ4n) is 1.82. The third-order valence-corrected chi connectivity index (χ3v) is 4.23.